The van der Waals surface area contributed by atoms with Crippen LogP contribution in [0.1, 0.15) is 28.3 Å². The number of fused-ring (bicyclic) bond motifs is 1. The number of carbonyl (C=O) groups excluding carboxylic acids is 1. The Morgan fingerprint density at radius 2 is 2.18 bits per heavy atom. The summed E-state index contributed by atoms with van der Waals surface area (Å²) >= 11 is 5.91. The third kappa shape index (κ3) is 2.11. The zero-order valence-corrected chi connectivity index (χ0v) is 10.2. The van der Waals surface area contributed by atoms with Gasteiger partial charge >= 0.3 is 0 Å². The van der Waals surface area contributed by atoms with Gasteiger partial charge in [-0.05, 0) is 23.3 Å². The number of carbonyl (C=O) groups is 1. The fourth-order valence-electron chi connectivity index (χ4n) is 2.24. The Labute approximate surface area is 106 Å². The summed E-state index contributed by atoms with van der Waals surface area (Å²) in [7, 11) is 0. The van der Waals surface area contributed by atoms with Crippen molar-refractivity contribution in [2.75, 3.05) is 0 Å². The molecule has 0 bridgehead atoms. The molecule has 0 saturated carbocycles. The first-order valence-corrected chi connectivity index (χ1v) is 5.83. The number of allylic oxidation sites excluding steroid dienone is 4. The first kappa shape index (κ1) is 11.9. The lowest BCUT2D eigenvalue weighted by Gasteiger charge is -2.11. The molecule has 1 aliphatic carbocycles. The van der Waals surface area contributed by atoms with E-state index in [2.05, 4.69) is 13.2 Å². The van der Waals surface area contributed by atoms with Crippen molar-refractivity contribution in [1.82, 2.24) is 0 Å². The van der Waals surface area contributed by atoms with Crippen molar-refractivity contribution in [3.63, 3.8) is 0 Å². The van der Waals surface area contributed by atoms with Crippen LogP contribution in [-0.4, -0.2) is 5.78 Å². The molecule has 0 N–H and O–H groups in total. The average Bonchev–Trinajstić information content (AvgIpc) is 2.63. The number of rotatable bonds is 3. The Bertz CT molecular complexity index is 526. The molecule has 17 heavy (non-hydrogen) atoms. The van der Waals surface area contributed by atoms with Gasteiger partial charge in [0.2, 0.25) is 0 Å². The predicted molar refractivity (Wildman–Crippen MR) is 71.6 cm³/mol. The van der Waals surface area contributed by atoms with Gasteiger partial charge in [0.25, 0.3) is 0 Å². The van der Waals surface area contributed by atoms with Crippen LogP contribution in [0.2, 0.25) is 5.02 Å². The van der Waals surface area contributed by atoms with Crippen LogP contribution in [0.15, 0.2) is 55.2 Å². The van der Waals surface area contributed by atoms with Gasteiger partial charge in [0.05, 0.1) is 0 Å². The highest BCUT2D eigenvalue weighted by atomic mass is 35.5. The molecule has 1 nitrogen and oxygen atoms in total. The second-order valence-electron chi connectivity index (χ2n) is 4.02. The highest BCUT2D eigenvalue weighted by Gasteiger charge is 2.30. The van der Waals surface area contributed by atoms with Crippen LogP contribution in [0.3, 0.4) is 0 Å². The molecule has 1 atom stereocenters. The van der Waals surface area contributed by atoms with Crippen LogP contribution in [0.25, 0.3) is 0 Å². The molecule has 2 rings (SSSR count). The lowest BCUT2D eigenvalue weighted by molar-refractivity contribution is 0.0991. The smallest absolute Gasteiger partial charge is 0.164 e. The minimum atomic E-state index is 0.0882. The summed E-state index contributed by atoms with van der Waals surface area (Å²) < 4.78 is 0. The van der Waals surface area contributed by atoms with Crippen LogP contribution in [0.4, 0.5) is 0 Å². The molecule has 1 aromatic carbocycles. The Kier molecular flexibility index (Phi) is 3.30. The van der Waals surface area contributed by atoms with Gasteiger partial charge in [-0.15, -0.1) is 0 Å². The first-order chi connectivity index (χ1) is 8.17. The third-order valence-corrected chi connectivity index (χ3v) is 3.26. The maximum absolute atomic E-state index is 11.9. The van der Waals surface area contributed by atoms with Crippen LogP contribution in [0, 0.1) is 0 Å². The largest absolute Gasteiger partial charge is 0.294 e. The van der Waals surface area contributed by atoms with E-state index < -0.39 is 0 Å². The molecule has 2 heteroatoms. The molecule has 1 aliphatic rings. The molecular formula is C15H13ClO. The maximum atomic E-state index is 11.9. The molecule has 0 aliphatic heterocycles. The average molecular weight is 245 g/mol. The third-order valence-electron chi connectivity index (χ3n) is 3.03. The molecule has 0 spiro atoms. The Hall–Kier alpha value is -1.60. The number of benzene rings is 1. The van der Waals surface area contributed by atoms with Crippen LogP contribution >= 0.6 is 11.6 Å². The van der Waals surface area contributed by atoms with Crippen molar-refractivity contribution in [3.05, 3.63) is 71.3 Å². The fourth-order valence-corrected chi connectivity index (χ4v) is 2.41. The van der Waals surface area contributed by atoms with Crippen molar-refractivity contribution in [2.24, 2.45) is 0 Å². The van der Waals surface area contributed by atoms with E-state index >= 15 is 0 Å². The summed E-state index contributed by atoms with van der Waals surface area (Å²) in [5.41, 5.74) is 2.79. The van der Waals surface area contributed by atoms with E-state index in [0.29, 0.717) is 11.4 Å². The second-order valence-corrected chi connectivity index (χ2v) is 4.45. The number of ketones is 1. The van der Waals surface area contributed by atoms with Crippen molar-refractivity contribution in [2.45, 2.75) is 12.3 Å². The molecule has 1 unspecified atom stereocenters. The molecule has 0 heterocycles. The summed E-state index contributed by atoms with van der Waals surface area (Å²) in [6, 6.07) is 5.49. The zero-order valence-electron chi connectivity index (χ0n) is 9.45. The second kappa shape index (κ2) is 4.72. The first-order valence-electron chi connectivity index (χ1n) is 5.45. The van der Waals surface area contributed by atoms with Crippen LogP contribution in [0.5, 0.6) is 0 Å². The van der Waals surface area contributed by atoms with E-state index in [1.807, 2.05) is 18.2 Å². The molecular weight excluding hydrogens is 232 g/mol. The monoisotopic (exact) mass is 244 g/mol. The van der Waals surface area contributed by atoms with Gasteiger partial charge in [0.1, 0.15) is 0 Å². The zero-order chi connectivity index (χ0) is 12.4. The molecule has 0 amide bonds. The van der Waals surface area contributed by atoms with E-state index in [-0.39, 0.29) is 11.7 Å². The van der Waals surface area contributed by atoms with E-state index in [1.54, 1.807) is 18.2 Å². The Morgan fingerprint density at radius 3 is 2.82 bits per heavy atom. The lowest BCUT2D eigenvalue weighted by Crippen LogP contribution is -1.96. The van der Waals surface area contributed by atoms with Crippen LogP contribution < -0.4 is 0 Å². The lowest BCUT2D eigenvalue weighted by atomic mass is 9.92. The molecule has 0 radical (unpaired) electrons. The number of hydrogen-bond donors (Lipinski definition) is 0. The van der Waals surface area contributed by atoms with Crippen molar-refractivity contribution < 1.29 is 4.79 Å². The quantitative estimate of drug-likeness (QED) is 0.725. The van der Waals surface area contributed by atoms with E-state index in [9.17, 15) is 4.79 Å². The molecule has 1 aromatic rings. The van der Waals surface area contributed by atoms with Gasteiger partial charge in [-0.1, -0.05) is 49.1 Å². The number of hydrogen-bond acceptors (Lipinski definition) is 1. The molecule has 0 saturated heterocycles. The fraction of sp³-hybridized carbons (Fsp3) is 0.133. The topological polar surface area (TPSA) is 17.1 Å². The normalized spacial score (nSPS) is 19.0. The van der Waals surface area contributed by atoms with Crippen molar-refractivity contribution in [1.29, 1.82) is 0 Å². The van der Waals surface area contributed by atoms with Gasteiger partial charge in [0, 0.05) is 22.9 Å². The minimum Gasteiger partial charge on any atom is -0.294 e. The van der Waals surface area contributed by atoms with Crippen molar-refractivity contribution >= 4 is 17.4 Å². The van der Waals surface area contributed by atoms with Gasteiger partial charge in [-0.25, -0.2) is 0 Å². The SMILES string of the molecule is C=C/C=C(\C=C)C1CC(=O)c2cc(Cl)ccc21. The molecule has 0 fully saturated rings. The molecule has 0 aromatic heterocycles. The minimum absolute atomic E-state index is 0.0882. The summed E-state index contributed by atoms with van der Waals surface area (Å²) in [5, 5.41) is 0.602. The number of halogens is 1. The standard InChI is InChI=1S/C15H13ClO/c1-3-5-10(4-2)13-9-15(17)14-8-11(16)6-7-12(13)14/h3-8,13H,1-2,9H2/b10-5+. The van der Waals surface area contributed by atoms with Gasteiger partial charge in [-0.3, -0.25) is 4.79 Å². The predicted octanol–water partition coefficient (Wildman–Crippen LogP) is 4.31. The molecule has 86 valence electrons. The Morgan fingerprint density at radius 1 is 1.41 bits per heavy atom. The summed E-state index contributed by atoms with van der Waals surface area (Å²) in [5.74, 6) is 0.231. The van der Waals surface area contributed by atoms with E-state index in [1.165, 1.54) is 0 Å². The van der Waals surface area contributed by atoms with E-state index in [4.69, 9.17) is 11.6 Å². The maximum Gasteiger partial charge on any atom is 0.164 e. The Balaban J connectivity index is 2.50. The van der Waals surface area contributed by atoms with Crippen molar-refractivity contribution in [3.8, 4) is 0 Å². The highest BCUT2D eigenvalue weighted by Crippen LogP contribution is 2.39. The van der Waals surface area contributed by atoms with E-state index in [0.717, 1.165) is 16.7 Å². The highest BCUT2D eigenvalue weighted by molar-refractivity contribution is 6.31. The summed E-state index contributed by atoms with van der Waals surface area (Å²) in [6.45, 7) is 7.47. The summed E-state index contributed by atoms with van der Waals surface area (Å²) in [6.07, 6.45) is 5.88. The van der Waals surface area contributed by atoms with Gasteiger partial charge in [0.15, 0.2) is 5.78 Å². The van der Waals surface area contributed by atoms with Gasteiger partial charge in [-0.2, -0.15) is 0 Å². The van der Waals surface area contributed by atoms with Crippen LogP contribution in [-0.2, 0) is 0 Å². The number of Topliss-reactive ketones (excluding diaryl/α,β-unsaturated/α-hetero) is 1. The van der Waals surface area contributed by atoms with Gasteiger partial charge < -0.3 is 0 Å². The summed E-state index contributed by atoms with van der Waals surface area (Å²) in [4.78, 5) is 11.9.